The third-order valence-electron chi connectivity index (χ3n) is 4.28. The van der Waals surface area contributed by atoms with Crippen LogP contribution in [0.2, 0.25) is 0 Å². The summed E-state index contributed by atoms with van der Waals surface area (Å²) in [4.78, 5) is 13.2. The third kappa shape index (κ3) is 4.68. The Morgan fingerprint density at radius 3 is 2.29 bits per heavy atom. The Balaban J connectivity index is 1.57. The summed E-state index contributed by atoms with van der Waals surface area (Å²) in [6.45, 7) is 0.183. The number of ether oxygens (including phenoxy) is 1. The van der Waals surface area contributed by atoms with Crippen molar-refractivity contribution in [3.63, 3.8) is 0 Å². The van der Waals surface area contributed by atoms with E-state index in [2.05, 4.69) is 15.9 Å². The number of halogens is 3. The quantitative estimate of drug-likeness (QED) is 0.667. The molecule has 1 aliphatic rings. The molecule has 0 aliphatic carbocycles. The molecule has 0 saturated carbocycles. The zero-order valence-corrected chi connectivity index (χ0v) is 17.0. The van der Waals surface area contributed by atoms with Crippen LogP contribution in [0.15, 0.2) is 51.8 Å². The average Bonchev–Trinajstić information content (AvgIpc) is 2.67. The SMILES string of the molecule is O=C(COc1ccc(Br)cc1)N1CCN(S(=O)(=O)c2ccc(F)cc2F)CC1. The topological polar surface area (TPSA) is 66.9 Å². The van der Waals surface area contributed by atoms with E-state index in [1.165, 1.54) is 4.90 Å². The highest BCUT2D eigenvalue weighted by atomic mass is 79.9. The van der Waals surface area contributed by atoms with Gasteiger partial charge in [-0.1, -0.05) is 15.9 Å². The molecule has 0 N–H and O–H groups in total. The number of carbonyl (C=O) groups is 1. The summed E-state index contributed by atoms with van der Waals surface area (Å²) in [5.74, 6) is -1.71. The van der Waals surface area contributed by atoms with Crippen LogP contribution in [0.4, 0.5) is 8.78 Å². The fourth-order valence-electron chi connectivity index (χ4n) is 2.77. The van der Waals surface area contributed by atoms with Crippen molar-refractivity contribution < 1.29 is 26.7 Å². The number of hydrogen-bond acceptors (Lipinski definition) is 4. The van der Waals surface area contributed by atoms with Gasteiger partial charge in [0.2, 0.25) is 10.0 Å². The predicted octanol–water partition coefficient (Wildman–Crippen LogP) is 2.64. The monoisotopic (exact) mass is 474 g/mol. The molecule has 2 aromatic rings. The number of rotatable bonds is 5. The van der Waals surface area contributed by atoms with Gasteiger partial charge in [0.05, 0.1) is 0 Å². The Kier molecular flexibility index (Phi) is 6.31. The number of hydrogen-bond donors (Lipinski definition) is 0. The molecule has 0 bridgehead atoms. The van der Waals surface area contributed by atoms with Crippen molar-refractivity contribution in [2.75, 3.05) is 32.8 Å². The minimum atomic E-state index is -4.10. The van der Waals surface area contributed by atoms with Crippen molar-refractivity contribution in [3.8, 4) is 5.75 Å². The van der Waals surface area contributed by atoms with Gasteiger partial charge in [0.25, 0.3) is 5.91 Å². The molecule has 28 heavy (non-hydrogen) atoms. The van der Waals surface area contributed by atoms with Crippen LogP contribution in [0.25, 0.3) is 0 Å². The van der Waals surface area contributed by atoms with Gasteiger partial charge in [-0.05, 0) is 36.4 Å². The van der Waals surface area contributed by atoms with Crippen molar-refractivity contribution in [1.82, 2.24) is 9.21 Å². The van der Waals surface area contributed by atoms with E-state index in [4.69, 9.17) is 4.74 Å². The van der Waals surface area contributed by atoms with Crippen molar-refractivity contribution >= 4 is 31.9 Å². The zero-order chi connectivity index (χ0) is 20.3. The minimum absolute atomic E-state index is 0.0170. The molecule has 0 unspecified atom stereocenters. The number of nitrogens with zero attached hydrogens (tertiary/aromatic N) is 2. The average molecular weight is 475 g/mol. The lowest BCUT2D eigenvalue weighted by molar-refractivity contribution is -0.134. The third-order valence-corrected chi connectivity index (χ3v) is 6.74. The van der Waals surface area contributed by atoms with E-state index in [9.17, 15) is 22.0 Å². The summed E-state index contributed by atoms with van der Waals surface area (Å²) in [7, 11) is -4.10. The van der Waals surface area contributed by atoms with E-state index in [0.717, 1.165) is 20.9 Å². The molecule has 0 atom stereocenters. The molecule has 150 valence electrons. The highest BCUT2D eigenvalue weighted by Crippen LogP contribution is 2.22. The van der Waals surface area contributed by atoms with Crippen LogP contribution in [-0.2, 0) is 14.8 Å². The maximum absolute atomic E-state index is 13.9. The molecule has 0 radical (unpaired) electrons. The fraction of sp³-hybridized carbons (Fsp3) is 0.278. The van der Waals surface area contributed by atoms with Gasteiger partial charge in [-0.15, -0.1) is 0 Å². The molecule has 10 heteroatoms. The highest BCUT2D eigenvalue weighted by molar-refractivity contribution is 9.10. The lowest BCUT2D eigenvalue weighted by atomic mass is 10.3. The van der Waals surface area contributed by atoms with E-state index in [-0.39, 0.29) is 38.7 Å². The molecule has 1 aliphatic heterocycles. The molecule has 1 fully saturated rings. The second-order valence-corrected chi connectivity index (χ2v) is 8.92. The molecule has 1 amide bonds. The lowest BCUT2D eigenvalue weighted by Gasteiger charge is -2.34. The van der Waals surface area contributed by atoms with Gasteiger partial charge in [0.15, 0.2) is 6.61 Å². The summed E-state index contributed by atoms with van der Waals surface area (Å²) in [6.07, 6.45) is 0. The number of benzene rings is 2. The summed E-state index contributed by atoms with van der Waals surface area (Å²) in [5, 5.41) is 0. The molecule has 1 heterocycles. The van der Waals surface area contributed by atoms with Crippen molar-refractivity contribution in [2.45, 2.75) is 4.90 Å². The van der Waals surface area contributed by atoms with Crippen LogP contribution >= 0.6 is 15.9 Å². The number of amides is 1. The molecule has 2 aromatic carbocycles. The predicted molar refractivity (Wildman–Crippen MR) is 101 cm³/mol. The summed E-state index contributed by atoms with van der Waals surface area (Å²) >= 11 is 3.31. The molecule has 6 nitrogen and oxygen atoms in total. The second-order valence-electron chi connectivity index (χ2n) is 6.10. The van der Waals surface area contributed by atoms with Crippen LogP contribution in [0.1, 0.15) is 0 Å². The summed E-state index contributed by atoms with van der Waals surface area (Å²) in [5.41, 5.74) is 0. The van der Waals surface area contributed by atoms with Gasteiger partial charge in [-0.25, -0.2) is 17.2 Å². The van der Waals surface area contributed by atoms with Gasteiger partial charge in [-0.3, -0.25) is 4.79 Å². The number of sulfonamides is 1. The van der Waals surface area contributed by atoms with E-state index >= 15 is 0 Å². The first kappa shape index (κ1) is 20.7. The van der Waals surface area contributed by atoms with Crippen LogP contribution in [-0.4, -0.2) is 56.3 Å². The zero-order valence-electron chi connectivity index (χ0n) is 14.6. The van der Waals surface area contributed by atoms with E-state index in [1.54, 1.807) is 24.3 Å². The summed E-state index contributed by atoms with van der Waals surface area (Å²) in [6, 6.07) is 9.36. The Labute approximate surface area is 169 Å². The lowest BCUT2D eigenvalue weighted by Crippen LogP contribution is -2.51. The Bertz CT molecular complexity index is 962. The van der Waals surface area contributed by atoms with Crippen LogP contribution in [0.3, 0.4) is 0 Å². The van der Waals surface area contributed by atoms with Gasteiger partial charge in [-0.2, -0.15) is 4.31 Å². The number of piperazine rings is 1. The van der Waals surface area contributed by atoms with Crippen molar-refractivity contribution in [3.05, 3.63) is 58.6 Å². The van der Waals surface area contributed by atoms with Gasteiger partial charge in [0, 0.05) is 36.7 Å². The maximum Gasteiger partial charge on any atom is 0.260 e. The van der Waals surface area contributed by atoms with Gasteiger partial charge >= 0.3 is 0 Å². The van der Waals surface area contributed by atoms with E-state index in [0.29, 0.717) is 11.8 Å². The van der Waals surface area contributed by atoms with Gasteiger partial charge in [0.1, 0.15) is 22.3 Å². The first-order valence-corrected chi connectivity index (χ1v) is 10.6. The molecular weight excluding hydrogens is 458 g/mol. The Hall–Kier alpha value is -2.04. The standard InChI is InChI=1S/C18H17BrF2N2O4S/c19-13-1-4-15(5-2-13)27-12-18(24)22-7-9-23(10-8-22)28(25,26)17-6-3-14(20)11-16(17)21/h1-6,11H,7-10,12H2. The highest BCUT2D eigenvalue weighted by Gasteiger charge is 2.32. The van der Waals surface area contributed by atoms with E-state index in [1.807, 2.05) is 0 Å². The Morgan fingerprint density at radius 1 is 1.04 bits per heavy atom. The Morgan fingerprint density at radius 2 is 1.68 bits per heavy atom. The van der Waals surface area contributed by atoms with E-state index < -0.39 is 26.6 Å². The molecule has 0 aromatic heterocycles. The normalized spacial score (nSPS) is 15.5. The number of carbonyl (C=O) groups excluding carboxylic acids is 1. The fourth-order valence-corrected chi connectivity index (χ4v) is 4.50. The van der Waals surface area contributed by atoms with Crippen molar-refractivity contribution in [2.24, 2.45) is 0 Å². The first-order valence-electron chi connectivity index (χ1n) is 8.39. The second kappa shape index (κ2) is 8.54. The largest absolute Gasteiger partial charge is 0.484 e. The molecule has 1 saturated heterocycles. The summed E-state index contributed by atoms with van der Waals surface area (Å²) < 4.78 is 59.4. The minimum Gasteiger partial charge on any atom is -0.484 e. The smallest absolute Gasteiger partial charge is 0.260 e. The van der Waals surface area contributed by atoms with Crippen LogP contribution < -0.4 is 4.74 Å². The first-order chi connectivity index (χ1) is 13.3. The van der Waals surface area contributed by atoms with Crippen LogP contribution in [0.5, 0.6) is 5.75 Å². The maximum atomic E-state index is 13.9. The van der Waals surface area contributed by atoms with Crippen LogP contribution in [0, 0.1) is 11.6 Å². The van der Waals surface area contributed by atoms with Crippen molar-refractivity contribution in [1.29, 1.82) is 0 Å². The molecule has 3 rings (SSSR count). The molecule has 0 spiro atoms. The van der Waals surface area contributed by atoms with Gasteiger partial charge < -0.3 is 9.64 Å². The molecular formula is C18H17BrF2N2O4S.